The molecule has 5 heteroatoms. The van der Waals surface area contributed by atoms with Gasteiger partial charge in [-0.1, -0.05) is 11.6 Å². The molecule has 0 aromatic carbocycles. The number of halogens is 1. The minimum atomic E-state index is 0.465. The van der Waals surface area contributed by atoms with E-state index in [9.17, 15) is 0 Å². The molecular weight excluding hydrogens is 224 g/mol. The van der Waals surface area contributed by atoms with Gasteiger partial charge in [0, 0.05) is 25.8 Å². The van der Waals surface area contributed by atoms with Gasteiger partial charge in [-0.05, 0) is 19.0 Å². The Balaban J connectivity index is 2.28. The van der Waals surface area contributed by atoms with Crippen LogP contribution in [0.2, 0.25) is 5.02 Å². The molecule has 84 valence electrons. The van der Waals surface area contributed by atoms with Crippen LogP contribution < -0.4 is 10.2 Å². The summed E-state index contributed by atoms with van der Waals surface area (Å²) in [6, 6.07) is 3.72. The summed E-state index contributed by atoms with van der Waals surface area (Å²) < 4.78 is 0. The molecular formula is C11H13ClN4. The van der Waals surface area contributed by atoms with Crippen molar-refractivity contribution in [2.75, 3.05) is 31.1 Å². The maximum atomic E-state index is 8.90. The first-order valence-electron chi connectivity index (χ1n) is 5.33. The fraction of sp³-hybridized carbons (Fsp3) is 0.455. The number of anilines is 1. The molecule has 0 bridgehead atoms. The van der Waals surface area contributed by atoms with E-state index in [1.807, 2.05) is 0 Å². The first kappa shape index (κ1) is 11.2. The van der Waals surface area contributed by atoms with Crippen LogP contribution in [-0.4, -0.2) is 31.2 Å². The monoisotopic (exact) mass is 236 g/mol. The van der Waals surface area contributed by atoms with E-state index in [4.69, 9.17) is 16.9 Å². The van der Waals surface area contributed by atoms with Gasteiger partial charge in [0.15, 0.2) is 0 Å². The fourth-order valence-corrected chi connectivity index (χ4v) is 2.07. The Bertz CT molecular complexity index is 405. The fourth-order valence-electron chi connectivity index (χ4n) is 1.80. The predicted molar refractivity (Wildman–Crippen MR) is 63.7 cm³/mol. The van der Waals surface area contributed by atoms with E-state index in [-0.39, 0.29) is 0 Å². The van der Waals surface area contributed by atoms with Crippen molar-refractivity contribution in [3.63, 3.8) is 0 Å². The van der Waals surface area contributed by atoms with E-state index in [0.717, 1.165) is 38.4 Å². The minimum Gasteiger partial charge on any atom is -0.354 e. The Morgan fingerprint density at radius 2 is 2.31 bits per heavy atom. The Morgan fingerprint density at radius 3 is 3.12 bits per heavy atom. The van der Waals surface area contributed by atoms with Crippen LogP contribution in [0.3, 0.4) is 0 Å². The van der Waals surface area contributed by atoms with Crippen LogP contribution >= 0.6 is 11.6 Å². The van der Waals surface area contributed by atoms with Crippen LogP contribution in [0.15, 0.2) is 12.3 Å². The van der Waals surface area contributed by atoms with Crippen molar-refractivity contribution in [1.29, 1.82) is 5.26 Å². The number of aromatic nitrogens is 1. The van der Waals surface area contributed by atoms with Crippen LogP contribution in [-0.2, 0) is 0 Å². The Kier molecular flexibility index (Phi) is 3.60. The second-order valence-corrected chi connectivity index (χ2v) is 4.08. The minimum absolute atomic E-state index is 0.465. The SMILES string of the molecule is N#Cc1ccnc(N2CCCNCC2)c1Cl. The molecule has 0 spiro atoms. The van der Waals surface area contributed by atoms with Crippen molar-refractivity contribution < 1.29 is 0 Å². The topological polar surface area (TPSA) is 52.0 Å². The number of hydrogen-bond acceptors (Lipinski definition) is 4. The average Bonchev–Trinajstić information content (AvgIpc) is 2.58. The highest BCUT2D eigenvalue weighted by Crippen LogP contribution is 2.26. The van der Waals surface area contributed by atoms with E-state index >= 15 is 0 Å². The van der Waals surface area contributed by atoms with Gasteiger partial charge in [-0.25, -0.2) is 4.98 Å². The third-order valence-electron chi connectivity index (χ3n) is 2.63. The molecule has 1 N–H and O–H groups in total. The maximum absolute atomic E-state index is 8.90. The van der Waals surface area contributed by atoms with Gasteiger partial charge < -0.3 is 10.2 Å². The third kappa shape index (κ3) is 2.26. The van der Waals surface area contributed by atoms with Crippen molar-refractivity contribution in [2.45, 2.75) is 6.42 Å². The lowest BCUT2D eigenvalue weighted by molar-refractivity contribution is 0.724. The molecule has 4 nitrogen and oxygen atoms in total. The van der Waals surface area contributed by atoms with Crippen molar-refractivity contribution in [3.05, 3.63) is 22.8 Å². The predicted octanol–water partition coefficient (Wildman–Crippen LogP) is 1.41. The van der Waals surface area contributed by atoms with E-state index in [1.165, 1.54) is 0 Å². The summed E-state index contributed by atoms with van der Waals surface area (Å²) in [5.41, 5.74) is 0.490. The third-order valence-corrected chi connectivity index (χ3v) is 3.00. The molecule has 0 amide bonds. The quantitative estimate of drug-likeness (QED) is 0.801. The summed E-state index contributed by atoms with van der Waals surface area (Å²) in [5.74, 6) is 0.726. The van der Waals surface area contributed by atoms with Gasteiger partial charge in [0.05, 0.1) is 5.56 Å². The van der Waals surface area contributed by atoms with E-state index in [0.29, 0.717) is 10.6 Å². The molecule has 1 aromatic rings. The van der Waals surface area contributed by atoms with Gasteiger partial charge in [-0.15, -0.1) is 0 Å². The Hall–Kier alpha value is -1.31. The largest absolute Gasteiger partial charge is 0.354 e. The van der Waals surface area contributed by atoms with Crippen molar-refractivity contribution in [1.82, 2.24) is 10.3 Å². The highest BCUT2D eigenvalue weighted by molar-refractivity contribution is 6.34. The van der Waals surface area contributed by atoms with E-state index < -0.39 is 0 Å². The molecule has 0 saturated carbocycles. The lowest BCUT2D eigenvalue weighted by Crippen LogP contribution is -2.28. The molecule has 2 heterocycles. The van der Waals surface area contributed by atoms with Gasteiger partial charge in [0.1, 0.15) is 16.9 Å². The lowest BCUT2D eigenvalue weighted by Gasteiger charge is -2.22. The summed E-state index contributed by atoms with van der Waals surface area (Å²) in [6.07, 6.45) is 2.70. The van der Waals surface area contributed by atoms with Crippen LogP contribution in [0.4, 0.5) is 5.82 Å². The van der Waals surface area contributed by atoms with Crippen molar-refractivity contribution >= 4 is 17.4 Å². The summed E-state index contributed by atoms with van der Waals surface area (Å²) >= 11 is 6.15. The first-order valence-corrected chi connectivity index (χ1v) is 5.71. The number of nitriles is 1. The zero-order valence-corrected chi connectivity index (χ0v) is 9.67. The van der Waals surface area contributed by atoms with Gasteiger partial charge in [-0.3, -0.25) is 0 Å². The molecule has 2 rings (SSSR count). The highest BCUT2D eigenvalue weighted by Gasteiger charge is 2.15. The van der Waals surface area contributed by atoms with Gasteiger partial charge in [0.25, 0.3) is 0 Å². The standard InChI is InChI=1S/C11H13ClN4/c12-10-9(8-13)2-4-15-11(10)16-6-1-3-14-5-7-16/h2,4,14H,1,3,5-7H2. The average molecular weight is 237 g/mol. The molecule has 1 aromatic heterocycles. The number of nitrogens with zero attached hydrogens (tertiary/aromatic N) is 3. The summed E-state index contributed by atoms with van der Waals surface area (Å²) in [4.78, 5) is 6.40. The smallest absolute Gasteiger partial charge is 0.148 e. The second kappa shape index (κ2) is 5.15. The van der Waals surface area contributed by atoms with Crippen LogP contribution in [0.5, 0.6) is 0 Å². The zero-order chi connectivity index (χ0) is 11.4. The van der Waals surface area contributed by atoms with Crippen LogP contribution in [0.1, 0.15) is 12.0 Å². The van der Waals surface area contributed by atoms with Gasteiger partial charge in [-0.2, -0.15) is 5.26 Å². The van der Waals surface area contributed by atoms with Crippen molar-refractivity contribution in [3.8, 4) is 6.07 Å². The number of pyridine rings is 1. The summed E-state index contributed by atoms with van der Waals surface area (Å²) in [5, 5.41) is 12.7. The molecule has 1 aliphatic heterocycles. The van der Waals surface area contributed by atoms with E-state index in [2.05, 4.69) is 21.3 Å². The zero-order valence-electron chi connectivity index (χ0n) is 8.91. The Morgan fingerprint density at radius 1 is 1.44 bits per heavy atom. The summed E-state index contributed by atoms with van der Waals surface area (Å²) in [6.45, 7) is 3.75. The maximum Gasteiger partial charge on any atom is 0.148 e. The van der Waals surface area contributed by atoms with Crippen molar-refractivity contribution in [2.24, 2.45) is 0 Å². The molecule has 1 aliphatic rings. The van der Waals surface area contributed by atoms with Crippen LogP contribution in [0.25, 0.3) is 0 Å². The van der Waals surface area contributed by atoms with Gasteiger partial charge in [0.2, 0.25) is 0 Å². The summed E-state index contributed by atoms with van der Waals surface area (Å²) in [7, 11) is 0. The molecule has 1 saturated heterocycles. The number of nitrogens with one attached hydrogen (secondary N) is 1. The lowest BCUT2D eigenvalue weighted by atomic mass is 10.2. The normalized spacial score (nSPS) is 16.6. The molecule has 16 heavy (non-hydrogen) atoms. The second-order valence-electron chi connectivity index (χ2n) is 3.70. The number of hydrogen-bond donors (Lipinski definition) is 1. The molecule has 0 unspecified atom stereocenters. The molecule has 0 radical (unpaired) electrons. The Labute approximate surface area is 99.8 Å². The van der Waals surface area contributed by atoms with Crippen LogP contribution in [0, 0.1) is 11.3 Å². The molecule has 1 fully saturated rings. The number of rotatable bonds is 1. The van der Waals surface area contributed by atoms with Gasteiger partial charge >= 0.3 is 0 Å². The molecule has 0 atom stereocenters. The first-order chi connectivity index (χ1) is 7.83. The molecule has 0 aliphatic carbocycles. The highest BCUT2D eigenvalue weighted by atomic mass is 35.5. The van der Waals surface area contributed by atoms with E-state index in [1.54, 1.807) is 12.3 Å².